The van der Waals surface area contributed by atoms with Crippen LogP contribution < -0.4 is 16.4 Å². The fourth-order valence-electron chi connectivity index (χ4n) is 3.51. The monoisotopic (exact) mass is 415 g/mol. The zero-order valence-corrected chi connectivity index (χ0v) is 16.8. The molecule has 1 heterocycles. The highest BCUT2D eigenvalue weighted by Gasteiger charge is 2.36. The molecule has 0 spiro atoms. The molecule has 6 nitrogen and oxygen atoms in total. The highest BCUT2D eigenvalue weighted by Crippen LogP contribution is 2.25. The van der Waals surface area contributed by atoms with E-state index in [9.17, 15) is 9.59 Å². The van der Waals surface area contributed by atoms with E-state index in [2.05, 4.69) is 10.6 Å². The zero-order chi connectivity index (χ0) is 18.6. The van der Waals surface area contributed by atoms with Gasteiger partial charge in [-0.2, -0.15) is 0 Å². The van der Waals surface area contributed by atoms with Crippen molar-refractivity contribution in [2.24, 2.45) is 5.73 Å². The van der Waals surface area contributed by atoms with Gasteiger partial charge in [0.05, 0.1) is 10.6 Å². The first-order valence-electron chi connectivity index (χ1n) is 9.26. The van der Waals surface area contributed by atoms with Gasteiger partial charge >= 0.3 is 0 Å². The van der Waals surface area contributed by atoms with Crippen molar-refractivity contribution in [2.45, 2.75) is 56.5 Å². The van der Waals surface area contributed by atoms with Gasteiger partial charge in [-0.25, -0.2) is 0 Å². The Morgan fingerprint density at radius 1 is 1.15 bits per heavy atom. The molecule has 1 aliphatic heterocycles. The van der Waals surface area contributed by atoms with Crippen LogP contribution in [0.15, 0.2) is 18.2 Å². The predicted octanol–water partition coefficient (Wildman–Crippen LogP) is 3.27. The van der Waals surface area contributed by atoms with Gasteiger partial charge in [0, 0.05) is 24.9 Å². The molecule has 1 aromatic carbocycles. The van der Waals surface area contributed by atoms with Crippen molar-refractivity contribution in [1.82, 2.24) is 5.32 Å². The van der Waals surface area contributed by atoms with Gasteiger partial charge in [-0.05, 0) is 43.9 Å². The van der Waals surface area contributed by atoms with Crippen molar-refractivity contribution < 1.29 is 14.3 Å². The van der Waals surface area contributed by atoms with E-state index in [0.29, 0.717) is 42.3 Å². The summed E-state index contributed by atoms with van der Waals surface area (Å²) >= 11 is 6.21. The summed E-state index contributed by atoms with van der Waals surface area (Å²) in [5, 5.41) is 6.24. The number of rotatable bonds is 4. The van der Waals surface area contributed by atoms with Crippen LogP contribution in [0, 0.1) is 0 Å². The summed E-state index contributed by atoms with van der Waals surface area (Å²) in [6.45, 7) is 0.944. The molecule has 27 heavy (non-hydrogen) atoms. The molecule has 2 amide bonds. The number of amides is 2. The summed E-state index contributed by atoms with van der Waals surface area (Å²) in [6.07, 6.45) is 6.44. The van der Waals surface area contributed by atoms with Crippen molar-refractivity contribution in [3.8, 4) is 0 Å². The van der Waals surface area contributed by atoms with Crippen LogP contribution in [-0.4, -0.2) is 36.6 Å². The van der Waals surface area contributed by atoms with Crippen LogP contribution in [0.25, 0.3) is 0 Å². The molecule has 2 fully saturated rings. The number of hydrogen-bond donors (Lipinski definition) is 3. The summed E-state index contributed by atoms with van der Waals surface area (Å²) in [7, 11) is 0. The van der Waals surface area contributed by atoms with Gasteiger partial charge in [0.15, 0.2) is 0 Å². The second-order valence-electron chi connectivity index (χ2n) is 7.23. The Morgan fingerprint density at radius 3 is 2.48 bits per heavy atom. The Labute approximate surface area is 170 Å². The van der Waals surface area contributed by atoms with Crippen LogP contribution in [0.4, 0.5) is 5.69 Å². The minimum absolute atomic E-state index is 0. The van der Waals surface area contributed by atoms with E-state index in [1.54, 1.807) is 18.2 Å². The smallest absolute Gasteiger partial charge is 0.253 e. The first kappa shape index (κ1) is 22.0. The number of anilines is 1. The average Bonchev–Trinajstić information content (AvgIpc) is 2.64. The van der Waals surface area contributed by atoms with E-state index in [-0.39, 0.29) is 30.3 Å². The summed E-state index contributed by atoms with van der Waals surface area (Å²) in [6, 6.07) is 5.11. The number of benzene rings is 1. The van der Waals surface area contributed by atoms with Gasteiger partial charge in [0.25, 0.3) is 5.91 Å². The van der Waals surface area contributed by atoms with E-state index in [1.165, 1.54) is 6.42 Å². The molecule has 4 N–H and O–H groups in total. The fourth-order valence-corrected chi connectivity index (χ4v) is 3.71. The zero-order valence-electron chi connectivity index (χ0n) is 15.3. The van der Waals surface area contributed by atoms with Gasteiger partial charge in [0.2, 0.25) is 5.91 Å². The molecule has 2 aliphatic rings. The van der Waals surface area contributed by atoms with Crippen LogP contribution >= 0.6 is 24.0 Å². The molecule has 8 heteroatoms. The second-order valence-corrected chi connectivity index (χ2v) is 7.63. The third-order valence-corrected chi connectivity index (χ3v) is 5.58. The second kappa shape index (κ2) is 9.73. The minimum atomic E-state index is -0.942. The average molecular weight is 416 g/mol. The van der Waals surface area contributed by atoms with Crippen molar-refractivity contribution >= 4 is 41.5 Å². The van der Waals surface area contributed by atoms with Gasteiger partial charge < -0.3 is 21.1 Å². The third-order valence-electron chi connectivity index (χ3n) is 5.25. The summed E-state index contributed by atoms with van der Waals surface area (Å²) in [5.41, 5.74) is 6.15. The molecular formula is C19H27Cl2N3O3. The van der Waals surface area contributed by atoms with Crippen molar-refractivity contribution in [1.29, 1.82) is 0 Å². The first-order valence-corrected chi connectivity index (χ1v) is 9.64. The highest BCUT2D eigenvalue weighted by atomic mass is 35.5. The number of carbonyl (C=O) groups excluding carboxylic acids is 2. The lowest BCUT2D eigenvalue weighted by atomic mass is 9.90. The molecule has 0 unspecified atom stereocenters. The lowest BCUT2D eigenvalue weighted by Crippen LogP contribution is -2.54. The maximum atomic E-state index is 12.6. The normalized spacial score (nSPS) is 19.6. The SMILES string of the molecule is Cl.NC1(C(=O)Nc2ccc(Cl)c(C(=O)NC3CCCCC3)c2)CCOCC1. The Hall–Kier alpha value is -1.34. The number of nitrogens with two attached hydrogens (primary N) is 1. The molecule has 150 valence electrons. The molecular weight excluding hydrogens is 389 g/mol. The molecule has 1 aromatic rings. The van der Waals surface area contributed by atoms with Gasteiger partial charge in [-0.15, -0.1) is 12.4 Å². The quantitative estimate of drug-likeness (QED) is 0.702. The van der Waals surface area contributed by atoms with E-state index >= 15 is 0 Å². The van der Waals surface area contributed by atoms with Crippen LogP contribution in [-0.2, 0) is 9.53 Å². The third kappa shape index (κ3) is 5.57. The number of ether oxygens (including phenoxy) is 1. The lowest BCUT2D eigenvalue weighted by molar-refractivity contribution is -0.124. The van der Waals surface area contributed by atoms with Gasteiger partial charge in [-0.1, -0.05) is 30.9 Å². The fraction of sp³-hybridized carbons (Fsp3) is 0.579. The van der Waals surface area contributed by atoms with Crippen LogP contribution in [0.1, 0.15) is 55.3 Å². The first-order chi connectivity index (χ1) is 12.5. The van der Waals surface area contributed by atoms with Crippen LogP contribution in [0.5, 0.6) is 0 Å². The van der Waals surface area contributed by atoms with Crippen LogP contribution in [0.2, 0.25) is 5.02 Å². The van der Waals surface area contributed by atoms with Gasteiger partial charge in [0.1, 0.15) is 5.54 Å². The number of carbonyl (C=O) groups is 2. The molecule has 0 bridgehead atoms. The van der Waals surface area contributed by atoms with Crippen molar-refractivity contribution in [3.63, 3.8) is 0 Å². The lowest BCUT2D eigenvalue weighted by Gasteiger charge is -2.31. The molecule has 3 rings (SSSR count). The Morgan fingerprint density at radius 2 is 1.81 bits per heavy atom. The van der Waals surface area contributed by atoms with Crippen molar-refractivity contribution in [2.75, 3.05) is 18.5 Å². The van der Waals surface area contributed by atoms with Crippen molar-refractivity contribution in [3.05, 3.63) is 28.8 Å². The number of hydrogen-bond acceptors (Lipinski definition) is 4. The summed E-state index contributed by atoms with van der Waals surface area (Å²) in [4.78, 5) is 25.1. The summed E-state index contributed by atoms with van der Waals surface area (Å²) < 4.78 is 5.27. The van der Waals surface area contributed by atoms with E-state index < -0.39 is 5.54 Å². The topological polar surface area (TPSA) is 93.5 Å². The van der Waals surface area contributed by atoms with E-state index in [4.69, 9.17) is 22.1 Å². The largest absolute Gasteiger partial charge is 0.381 e. The van der Waals surface area contributed by atoms with Gasteiger partial charge in [-0.3, -0.25) is 9.59 Å². The molecule has 0 aromatic heterocycles. The Balaban J connectivity index is 0.00000261. The predicted molar refractivity (Wildman–Crippen MR) is 109 cm³/mol. The Kier molecular flexibility index (Phi) is 7.91. The number of halogens is 2. The van der Waals surface area contributed by atoms with Crippen LogP contribution in [0.3, 0.4) is 0 Å². The summed E-state index contributed by atoms with van der Waals surface area (Å²) in [5.74, 6) is -0.465. The molecule has 1 saturated carbocycles. The minimum Gasteiger partial charge on any atom is -0.381 e. The molecule has 1 aliphatic carbocycles. The molecule has 0 atom stereocenters. The Bertz CT molecular complexity index is 672. The van der Waals surface area contributed by atoms with E-state index in [1.807, 2.05) is 0 Å². The standard InChI is InChI=1S/C19H26ClN3O3.ClH/c20-16-7-6-14(23-18(25)19(21)8-10-26-11-9-19)12-15(16)17(24)22-13-4-2-1-3-5-13;/h6-7,12-13H,1-5,8-11,21H2,(H,22,24)(H,23,25);1H. The van der Waals surface area contributed by atoms with E-state index in [0.717, 1.165) is 25.7 Å². The molecule has 0 radical (unpaired) electrons. The maximum absolute atomic E-state index is 12.6. The highest BCUT2D eigenvalue weighted by molar-refractivity contribution is 6.34. The molecule has 1 saturated heterocycles. The number of nitrogens with one attached hydrogen (secondary N) is 2. The maximum Gasteiger partial charge on any atom is 0.253 e.